The largest absolute Gasteiger partial charge is 0.305 e. The van der Waals surface area contributed by atoms with Gasteiger partial charge in [-0.2, -0.15) is 0 Å². The third-order valence-corrected chi connectivity index (χ3v) is 4.14. The summed E-state index contributed by atoms with van der Waals surface area (Å²) in [4.78, 5) is 16.6. The SMILES string of the molecule is CC(C)[C@@H](C(=O)NC1=NCCS1)c1ccc(Cl)cc1. The molecule has 1 aromatic rings. The molecule has 102 valence electrons. The number of hydrogen-bond donors (Lipinski definition) is 1. The summed E-state index contributed by atoms with van der Waals surface area (Å²) in [6.07, 6.45) is 0. The van der Waals surface area contributed by atoms with Crippen LogP contribution < -0.4 is 5.32 Å². The van der Waals surface area contributed by atoms with Crippen molar-refractivity contribution in [2.24, 2.45) is 10.9 Å². The molecule has 5 heteroatoms. The number of benzene rings is 1. The molecule has 0 aromatic heterocycles. The van der Waals surface area contributed by atoms with E-state index in [0.29, 0.717) is 5.02 Å². The highest BCUT2D eigenvalue weighted by molar-refractivity contribution is 8.14. The molecule has 1 amide bonds. The Hall–Kier alpha value is -1.00. The van der Waals surface area contributed by atoms with Crippen LogP contribution in [0, 0.1) is 5.92 Å². The Bertz CT molecular complexity index is 485. The van der Waals surface area contributed by atoms with E-state index in [0.717, 1.165) is 23.0 Å². The maximum atomic E-state index is 12.4. The van der Waals surface area contributed by atoms with Crippen LogP contribution in [-0.4, -0.2) is 23.4 Å². The lowest BCUT2D eigenvalue weighted by Crippen LogP contribution is -2.34. The summed E-state index contributed by atoms with van der Waals surface area (Å²) < 4.78 is 0. The molecular weight excluding hydrogens is 280 g/mol. The normalized spacial score (nSPS) is 16.3. The lowest BCUT2D eigenvalue weighted by atomic mass is 9.88. The van der Waals surface area contributed by atoms with Crippen molar-refractivity contribution < 1.29 is 4.79 Å². The zero-order chi connectivity index (χ0) is 13.8. The van der Waals surface area contributed by atoms with Gasteiger partial charge in [0.25, 0.3) is 0 Å². The van der Waals surface area contributed by atoms with Gasteiger partial charge in [-0.05, 0) is 23.6 Å². The number of hydrogen-bond acceptors (Lipinski definition) is 3. The summed E-state index contributed by atoms with van der Waals surface area (Å²) >= 11 is 7.48. The highest BCUT2D eigenvalue weighted by atomic mass is 35.5. The lowest BCUT2D eigenvalue weighted by molar-refractivity contribution is -0.122. The molecule has 3 nitrogen and oxygen atoms in total. The number of rotatable bonds is 3. The quantitative estimate of drug-likeness (QED) is 0.930. The fraction of sp³-hybridized carbons (Fsp3) is 0.429. The van der Waals surface area contributed by atoms with Crippen LogP contribution in [0.25, 0.3) is 0 Å². The van der Waals surface area contributed by atoms with E-state index in [2.05, 4.69) is 10.3 Å². The Morgan fingerprint density at radius 2 is 2.05 bits per heavy atom. The second-order valence-corrected chi connectivity index (χ2v) is 6.32. The number of halogens is 1. The standard InChI is InChI=1S/C14H17ClN2OS/c1-9(2)12(10-3-5-11(15)6-4-10)13(18)17-14-16-7-8-19-14/h3-6,9,12H,7-8H2,1-2H3,(H,16,17,18)/t12-/m1/s1. The smallest absolute Gasteiger partial charge is 0.233 e. The third kappa shape index (κ3) is 3.74. The van der Waals surface area contributed by atoms with Crippen molar-refractivity contribution in [2.45, 2.75) is 19.8 Å². The fourth-order valence-corrected chi connectivity index (χ4v) is 2.96. The fourth-order valence-electron chi connectivity index (χ4n) is 2.10. The number of nitrogens with one attached hydrogen (secondary N) is 1. The molecule has 0 bridgehead atoms. The summed E-state index contributed by atoms with van der Waals surface area (Å²) in [5, 5.41) is 4.34. The molecule has 0 fully saturated rings. The minimum Gasteiger partial charge on any atom is -0.305 e. The van der Waals surface area contributed by atoms with Gasteiger partial charge in [0.2, 0.25) is 5.91 Å². The Morgan fingerprint density at radius 1 is 1.37 bits per heavy atom. The van der Waals surface area contributed by atoms with Gasteiger partial charge in [0, 0.05) is 10.8 Å². The van der Waals surface area contributed by atoms with Crippen molar-refractivity contribution in [1.82, 2.24) is 5.32 Å². The van der Waals surface area contributed by atoms with E-state index in [-0.39, 0.29) is 17.7 Å². The van der Waals surface area contributed by atoms with E-state index < -0.39 is 0 Å². The van der Waals surface area contributed by atoms with Crippen LogP contribution in [0.15, 0.2) is 29.3 Å². The highest BCUT2D eigenvalue weighted by Gasteiger charge is 2.25. The van der Waals surface area contributed by atoms with Gasteiger partial charge < -0.3 is 5.32 Å². The Labute approximate surface area is 122 Å². The Morgan fingerprint density at radius 3 is 2.58 bits per heavy atom. The summed E-state index contributed by atoms with van der Waals surface area (Å²) in [6, 6.07) is 7.47. The van der Waals surface area contributed by atoms with Gasteiger partial charge in [0.05, 0.1) is 12.5 Å². The van der Waals surface area contributed by atoms with Crippen molar-refractivity contribution in [3.63, 3.8) is 0 Å². The van der Waals surface area contributed by atoms with Gasteiger partial charge in [0.1, 0.15) is 0 Å². The van der Waals surface area contributed by atoms with Gasteiger partial charge in [-0.3, -0.25) is 9.79 Å². The average molecular weight is 297 g/mol. The highest BCUT2D eigenvalue weighted by Crippen LogP contribution is 2.26. The van der Waals surface area contributed by atoms with Crippen LogP contribution in [0.4, 0.5) is 0 Å². The van der Waals surface area contributed by atoms with E-state index in [1.807, 2.05) is 38.1 Å². The van der Waals surface area contributed by atoms with Crippen LogP contribution in [0.5, 0.6) is 0 Å². The Balaban J connectivity index is 2.15. The van der Waals surface area contributed by atoms with Crippen molar-refractivity contribution in [1.29, 1.82) is 0 Å². The molecule has 0 radical (unpaired) electrons. The number of amides is 1. The molecule has 1 aliphatic rings. The Kier molecular flexibility index (Phi) is 4.88. The number of aliphatic imine (C=N–C) groups is 1. The molecule has 0 spiro atoms. The van der Waals surface area contributed by atoms with Crippen LogP contribution in [0.3, 0.4) is 0 Å². The van der Waals surface area contributed by atoms with Crippen molar-refractivity contribution >= 4 is 34.4 Å². The zero-order valence-corrected chi connectivity index (χ0v) is 12.6. The van der Waals surface area contributed by atoms with Gasteiger partial charge in [-0.1, -0.05) is 49.3 Å². The van der Waals surface area contributed by atoms with Crippen LogP contribution >= 0.6 is 23.4 Å². The van der Waals surface area contributed by atoms with Gasteiger partial charge >= 0.3 is 0 Å². The van der Waals surface area contributed by atoms with Crippen LogP contribution in [0.1, 0.15) is 25.3 Å². The number of thioether (sulfide) groups is 1. The third-order valence-electron chi connectivity index (χ3n) is 2.99. The summed E-state index contributed by atoms with van der Waals surface area (Å²) in [5.74, 6) is 0.989. The number of carbonyl (C=O) groups excluding carboxylic acids is 1. The van der Waals surface area contributed by atoms with Crippen molar-refractivity contribution in [3.8, 4) is 0 Å². The van der Waals surface area contributed by atoms with E-state index in [4.69, 9.17) is 11.6 Å². The first kappa shape index (κ1) is 14.4. The molecule has 19 heavy (non-hydrogen) atoms. The minimum absolute atomic E-state index is 0.00507. The first-order valence-corrected chi connectivity index (χ1v) is 7.68. The predicted molar refractivity (Wildman–Crippen MR) is 81.9 cm³/mol. The van der Waals surface area contributed by atoms with Gasteiger partial charge in [0.15, 0.2) is 5.17 Å². The number of amidine groups is 1. The summed E-state index contributed by atoms with van der Waals surface area (Å²) in [7, 11) is 0. The molecule has 0 saturated carbocycles. The molecule has 0 unspecified atom stereocenters. The zero-order valence-electron chi connectivity index (χ0n) is 11.0. The molecule has 0 aliphatic carbocycles. The molecule has 1 N–H and O–H groups in total. The van der Waals surface area contributed by atoms with Crippen LogP contribution in [0.2, 0.25) is 5.02 Å². The molecular formula is C14H17ClN2OS. The van der Waals surface area contributed by atoms with Crippen molar-refractivity contribution in [2.75, 3.05) is 12.3 Å². The molecule has 1 aromatic carbocycles. The average Bonchev–Trinajstić information content (AvgIpc) is 2.84. The molecule has 1 atom stereocenters. The molecule has 2 rings (SSSR count). The first-order valence-electron chi connectivity index (χ1n) is 6.31. The lowest BCUT2D eigenvalue weighted by Gasteiger charge is -2.20. The number of carbonyl (C=O) groups is 1. The van der Waals surface area contributed by atoms with E-state index >= 15 is 0 Å². The van der Waals surface area contributed by atoms with Gasteiger partial charge in [-0.25, -0.2) is 0 Å². The topological polar surface area (TPSA) is 41.5 Å². The van der Waals surface area contributed by atoms with E-state index in [9.17, 15) is 4.79 Å². The molecule has 0 saturated heterocycles. The molecule has 1 aliphatic heterocycles. The van der Waals surface area contributed by atoms with Crippen molar-refractivity contribution in [3.05, 3.63) is 34.9 Å². The second-order valence-electron chi connectivity index (χ2n) is 4.80. The monoisotopic (exact) mass is 296 g/mol. The van der Waals surface area contributed by atoms with E-state index in [1.165, 1.54) is 0 Å². The van der Waals surface area contributed by atoms with E-state index in [1.54, 1.807) is 11.8 Å². The maximum absolute atomic E-state index is 12.4. The second kappa shape index (κ2) is 6.44. The molecule has 1 heterocycles. The maximum Gasteiger partial charge on any atom is 0.233 e. The van der Waals surface area contributed by atoms with Crippen LogP contribution in [-0.2, 0) is 4.79 Å². The first-order chi connectivity index (χ1) is 9.08. The number of nitrogens with zero attached hydrogens (tertiary/aromatic N) is 1. The summed E-state index contributed by atoms with van der Waals surface area (Å²) in [5.41, 5.74) is 0.987. The summed E-state index contributed by atoms with van der Waals surface area (Å²) in [6.45, 7) is 4.87. The predicted octanol–water partition coefficient (Wildman–Crippen LogP) is 3.30. The minimum atomic E-state index is -0.179. The van der Waals surface area contributed by atoms with Gasteiger partial charge in [-0.15, -0.1) is 0 Å².